The van der Waals surface area contributed by atoms with Crippen LogP contribution in [0.1, 0.15) is 12.0 Å². The monoisotopic (exact) mass is 368 g/mol. The van der Waals surface area contributed by atoms with E-state index >= 15 is 0 Å². The highest BCUT2D eigenvalue weighted by molar-refractivity contribution is 7.92. The van der Waals surface area contributed by atoms with Gasteiger partial charge in [0.2, 0.25) is 0 Å². The second-order valence-corrected chi connectivity index (χ2v) is 7.99. The van der Waals surface area contributed by atoms with Crippen LogP contribution in [0.15, 0.2) is 71.6 Å². The van der Waals surface area contributed by atoms with Crippen LogP contribution in [-0.2, 0) is 21.2 Å². The molecule has 0 saturated carbocycles. The number of aliphatic carboxylic acids is 1. The molecule has 26 heavy (non-hydrogen) atoms. The number of fused-ring (bicyclic) bond motifs is 1. The lowest BCUT2D eigenvalue weighted by molar-refractivity contribution is -0.305. The van der Waals surface area contributed by atoms with Crippen molar-refractivity contribution in [2.24, 2.45) is 0 Å². The van der Waals surface area contributed by atoms with Crippen molar-refractivity contribution < 1.29 is 18.3 Å². The molecule has 0 spiro atoms. The Balaban J connectivity index is 1.87. The zero-order chi connectivity index (χ0) is 18.7. The number of nitrogens with zero attached hydrogens (tertiary/aromatic N) is 1. The molecule has 0 aliphatic carbocycles. The highest BCUT2D eigenvalue weighted by Gasteiger charge is 2.21. The molecule has 0 atom stereocenters. The van der Waals surface area contributed by atoms with E-state index in [0.717, 1.165) is 16.3 Å². The molecule has 0 fully saturated rings. The zero-order valence-electron chi connectivity index (χ0n) is 14.3. The summed E-state index contributed by atoms with van der Waals surface area (Å²) in [5.74, 6) is -1.13. The summed E-state index contributed by atoms with van der Waals surface area (Å²) < 4.78 is 27.0. The molecule has 0 saturated heterocycles. The van der Waals surface area contributed by atoms with Crippen molar-refractivity contribution in [2.75, 3.05) is 11.4 Å². The number of hydrogen-bond donors (Lipinski definition) is 0. The van der Waals surface area contributed by atoms with Gasteiger partial charge in [0.1, 0.15) is 0 Å². The molecule has 0 bridgehead atoms. The Morgan fingerprint density at radius 3 is 2.27 bits per heavy atom. The Labute approximate surface area is 152 Å². The average molecular weight is 368 g/mol. The van der Waals surface area contributed by atoms with Crippen molar-refractivity contribution in [2.45, 2.75) is 17.7 Å². The predicted octanol–water partition coefficient (Wildman–Crippen LogP) is 2.35. The number of carboxylic acid groups (broad SMARTS) is 1. The number of benzene rings is 3. The minimum atomic E-state index is -3.70. The average Bonchev–Trinajstić information content (AvgIpc) is 2.65. The van der Waals surface area contributed by atoms with Crippen molar-refractivity contribution in [1.29, 1.82) is 0 Å². The third-order valence-corrected chi connectivity index (χ3v) is 6.10. The lowest BCUT2D eigenvalue weighted by Crippen LogP contribution is -2.26. The smallest absolute Gasteiger partial charge is 0.264 e. The van der Waals surface area contributed by atoms with Gasteiger partial charge in [-0.2, -0.15) is 0 Å². The Kier molecular flexibility index (Phi) is 4.95. The number of aryl methyl sites for hydroxylation is 1. The molecule has 0 aromatic heterocycles. The van der Waals surface area contributed by atoms with Crippen LogP contribution in [0.5, 0.6) is 0 Å². The van der Waals surface area contributed by atoms with E-state index in [0.29, 0.717) is 12.1 Å². The van der Waals surface area contributed by atoms with Crippen LogP contribution in [0, 0.1) is 0 Å². The lowest BCUT2D eigenvalue weighted by Gasteiger charge is -2.20. The number of sulfonamides is 1. The highest BCUT2D eigenvalue weighted by Crippen LogP contribution is 2.26. The van der Waals surface area contributed by atoms with Crippen molar-refractivity contribution in [3.63, 3.8) is 0 Å². The molecule has 134 valence electrons. The molecular formula is C20H18NO4S-. The van der Waals surface area contributed by atoms with Crippen LogP contribution >= 0.6 is 0 Å². The minimum Gasteiger partial charge on any atom is -0.550 e. The first-order valence-electron chi connectivity index (χ1n) is 8.14. The Morgan fingerprint density at radius 2 is 1.62 bits per heavy atom. The van der Waals surface area contributed by atoms with Crippen LogP contribution in [0.3, 0.4) is 0 Å². The first kappa shape index (κ1) is 17.9. The van der Waals surface area contributed by atoms with Crippen molar-refractivity contribution in [1.82, 2.24) is 0 Å². The number of carboxylic acids is 1. The van der Waals surface area contributed by atoms with Crippen LogP contribution in [0.25, 0.3) is 10.8 Å². The summed E-state index contributed by atoms with van der Waals surface area (Å²) in [6.07, 6.45) is 0.215. The summed E-state index contributed by atoms with van der Waals surface area (Å²) in [5, 5.41) is 12.5. The maximum absolute atomic E-state index is 12.9. The number of rotatable bonds is 6. The van der Waals surface area contributed by atoms with Crippen molar-refractivity contribution in [3.05, 3.63) is 72.3 Å². The highest BCUT2D eigenvalue weighted by atomic mass is 32.2. The number of carbonyl (C=O) groups is 1. The second-order valence-electron chi connectivity index (χ2n) is 6.02. The van der Waals surface area contributed by atoms with E-state index < -0.39 is 16.0 Å². The number of carbonyl (C=O) groups excluding carboxylic acids is 1. The van der Waals surface area contributed by atoms with Crippen LogP contribution in [-0.4, -0.2) is 21.4 Å². The standard InChI is InChI=1S/C20H19NO4S/c1-21(18-10-9-16-4-2-3-5-17(16)14-18)26(24,25)19-11-6-15(7-12-19)8-13-20(22)23/h2-7,9-12,14H,8,13H2,1H3,(H,22,23)/p-1. The van der Waals surface area contributed by atoms with Gasteiger partial charge in [-0.3, -0.25) is 4.31 Å². The minimum absolute atomic E-state index is 0.0942. The van der Waals surface area contributed by atoms with Crippen LogP contribution < -0.4 is 9.41 Å². The van der Waals surface area contributed by atoms with Gasteiger partial charge in [0.05, 0.1) is 10.6 Å². The molecule has 0 heterocycles. The van der Waals surface area contributed by atoms with E-state index in [1.54, 1.807) is 18.2 Å². The normalized spacial score (nSPS) is 11.4. The van der Waals surface area contributed by atoms with Gasteiger partial charge in [0, 0.05) is 13.0 Å². The van der Waals surface area contributed by atoms with Gasteiger partial charge in [0.25, 0.3) is 10.0 Å². The zero-order valence-corrected chi connectivity index (χ0v) is 15.1. The molecule has 6 heteroatoms. The van der Waals surface area contributed by atoms with E-state index in [1.807, 2.05) is 36.4 Å². The molecule has 0 unspecified atom stereocenters. The predicted molar refractivity (Wildman–Crippen MR) is 99.3 cm³/mol. The molecule has 3 aromatic rings. The summed E-state index contributed by atoms with van der Waals surface area (Å²) >= 11 is 0. The van der Waals surface area contributed by atoms with E-state index in [1.165, 1.54) is 23.5 Å². The third-order valence-electron chi connectivity index (χ3n) is 4.30. The van der Waals surface area contributed by atoms with Crippen LogP contribution in [0.4, 0.5) is 5.69 Å². The molecule has 3 aromatic carbocycles. The van der Waals surface area contributed by atoms with Crippen molar-refractivity contribution in [3.8, 4) is 0 Å². The molecule has 0 aliphatic rings. The fraction of sp³-hybridized carbons (Fsp3) is 0.150. The Hall–Kier alpha value is -2.86. The summed E-state index contributed by atoms with van der Waals surface area (Å²) in [6, 6.07) is 19.5. The first-order chi connectivity index (χ1) is 12.4. The van der Waals surface area contributed by atoms with E-state index in [2.05, 4.69) is 0 Å². The summed E-state index contributed by atoms with van der Waals surface area (Å²) in [7, 11) is -2.19. The maximum Gasteiger partial charge on any atom is 0.264 e. The molecule has 0 radical (unpaired) electrons. The van der Waals surface area contributed by atoms with Crippen molar-refractivity contribution >= 4 is 32.5 Å². The first-order valence-corrected chi connectivity index (χ1v) is 9.58. The molecule has 3 rings (SSSR count). The van der Waals surface area contributed by atoms with E-state index in [4.69, 9.17) is 0 Å². The fourth-order valence-electron chi connectivity index (χ4n) is 2.74. The second kappa shape index (κ2) is 7.17. The van der Waals surface area contributed by atoms with Gasteiger partial charge in [-0.25, -0.2) is 8.42 Å². The summed E-state index contributed by atoms with van der Waals surface area (Å²) in [4.78, 5) is 10.7. The third kappa shape index (κ3) is 3.70. The van der Waals surface area contributed by atoms with E-state index in [9.17, 15) is 18.3 Å². The number of anilines is 1. The Bertz CT molecular complexity index is 1040. The molecule has 0 N–H and O–H groups in total. The largest absolute Gasteiger partial charge is 0.550 e. The topological polar surface area (TPSA) is 77.5 Å². The summed E-state index contributed by atoms with van der Waals surface area (Å²) in [6.45, 7) is 0. The number of hydrogen-bond acceptors (Lipinski definition) is 4. The molecule has 0 aliphatic heterocycles. The molecular weight excluding hydrogens is 350 g/mol. The van der Waals surface area contributed by atoms with Gasteiger partial charge < -0.3 is 9.90 Å². The van der Waals surface area contributed by atoms with E-state index in [-0.39, 0.29) is 11.3 Å². The van der Waals surface area contributed by atoms with Gasteiger partial charge >= 0.3 is 0 Å². The summed E-state index contributed by atoms with van der Waals surface area (Å²) in [5.41, 5.74) is 1.33. The quantitative estimate of drug-likeness (QED) is 0.669. The van der Waals surface area contributed by atoms with Gasteiger partial charge in [0.15, 0.2) is 0 Å². The lowest BCUT2D eigenvalue weighted by atomic mass is 10.1. The fourth-order valence-corrected chi connectivity index (χ4v) is 3.93. The maximum atomic E-state index is 12.9. The SMILES string of the molecule is CN(c1ccc2ccccc2c1)S(=O)(=O)c1ccc(CCC(=O)[O-])cc1. The van der Waals surface area contributed by atoms with Crippen LogP contribution in [0.2, 0.25) is 0 Å². The Morgan fingerprint density at radius 1 is 0.962 bits per heavy atom. The molecule has 5 nitrogen and oxygen atoms in total. The van der Waals surface area contributed by atoms with Gasteiger partial charge in [-0.1, -0.05) is 42.5 Å². The van der Waals surface area contributed by atoms with Gasteiger partial charge in [-0.05, 0) is 53.4 Å². The van der Waals surface area contributed by atoms with Gasteiger partial charge in [-0.15, -0.1) is 0 Å². The molecule has 0 amide bonds.